The van der Waals surface area contributed by atoms with Crippen LogP contribution in [0.1, 0.15) is 21.8 Å². The van der Waals surface area contributed by atoms with Gasteiger partial charge in [0.05, 0.1) is 18.8 Å². The molecule has 0 radical (unpaired) electrons. The van der Waals surface area contributed by atoms with Gasteiger partial charge in [-0.05, 0) is 19.1 Å². The van der Waals surface area contributed by atoms with Gasteiger partial charge in [-0.3, -0.25) is 0 Å². The van der Waals surface area contributed by atoms with Gasteiger partial charge in [0.25, 0.3) is 0 Å². The Hall–Kier alpha value is -2.50. The Morgan fingerprint density at radius 2 is 2.35 bits per heavy atom. The molecule has 6 heteroatoms. The Kier molecular flexibility index (Phi) is 3.06. The van der Waals surface area contributed by atoms with E-state index in [0.717, 1.165) is 17.1 Å². The molecule has 6 nitrogen and oxygen atoms in total. The molecule has 3 rings (SSSR count). The number of aromatic nitrogens is 1. The minimum absolute atomic E-state index is 0.184. The second-order valence-electron chi connectivity index (χ2n) is 4.66. The number of nitrogens with zero attached hydrogens (tertiary/aromatic N) is 2. The van der Waals surface area contributed by atoms with Gasteiger partial charge in [-0.15, -0.1) is 0 Å². The Morgan fingerprint density at radius 1 is 1.50 bits per heavy atom. The predicted octanol–water partition coefficient (Wildman–Crippen LogP) is 2.08. The molecular weight excluding hydrogens is 260 g/mol. The number of benzene rings is 1. The van der Waals surface area contributed by atoms with Gasteiger partial charge in [0.15, 0.2) is 5.75 Å². The van der Waals surface area contributed by atoms with E-state index in [1.807, 2.05) is 24.0 Å². The normalized spacial score (nSPS) is 13.8. The lowest BCUT2D eigenvalue weighted by Crippen LogP contribution is -2.33. The van der Waals surface area contributed by atoms with E-state index in [0.29, 0.717) is 25.4 Å². The minimum Gasteiger partial charge on any atom is -0.489 e. The number of fused-ring (bicyclic) bond motifs is 1. The summed E-state index contributed by atoms with van der Waals surface area (Å²) in [6.45, 7) is 3.54. The molecule has 0 saturated carbocycles. The van der Waals surface area contributed by atoms with Crippen LogP contribution in [-0.4, -0.2) is 29.4 Å². The average molecular weight is 274 g/mol. The highest BCUT2D eigenvalue weighted by molar-refractivity contribution is 5.93. The van der Waals surface area contributed by atoms with Crippen molar-refractivity contribution in [1.82, 2.24) is 5.16 Å². The largest absolute Gasteiger partial charge is 0.489 e. The van der Waals surface area contributed by atoms with E-state index in [1.54, 1.807) is 12.1 Å². The maximum atomic E-state index is 11.2. The van der Waals surface area contributed by atoms with E-state index in [4.69, 9.17) is 9.26 Å². The molecule has 1 aliphatic heterocycles. The van der Waals surface area contributed by atoms with Crippen LogP contribution < -0.4 is 9.64 Å². The predicted molar refractivity (Wildman–Crippen MR) is 71.2 cm³/mol. The van der Waals surface area contributed by atoms with Crippen LogP contribution in [0.15, 0.2) is 28.8 Å². The quantitative estimate of drug-likeness (QED) is 0.923. The molecular formula is C14H14N2O4. The number of para-hydroxylation sites is 1. The zero-order chi connectivity index (χ0) is 14.1. The monoisotopic (exact) mass is 274 g/mol. The molecule has 1 N–H and O–H groups in total. The molecule has 1 aromatic carbocycles. The fourth-order valence-electron chi connectivity index (χ4n) is 2.32. The molecule has 104 valence electrons. The number of carboxylic acids is 1. The topological polar surface area (TPSA) is 75.8 Å². The zero-order valence-corrected chi connectivity index (χ0v) is 11.0. The number of rotatable bonds is 3. The summed E-state index contributed by atoms with van der Waals surface area (Å²) in [6.07, 6.45) is 0. The molecule has 0 atom stereocenters. The van der Waals surface area contributed by atoms with E-state index in [2.05, 4.69) is 5.16 Å². The molecule has 2 aromatic rings. The van der Waals surface area contributed by atoms with Crippen molar-refractivity contribution in [3.63, 3.8) is 0 Å². The number of ether oxygens (including phenoxy) is 1. The van der Waals surface area contributed by atoms with Crippen LogP contribution in [0.5, 0.6) is 5.75 Å². The van der Waals surface area contributed by atoms with Gasteiger partial charge in [0.2, 0.25) is 0 Å². The third-order valence-electron chi connectivity index (χ3n) is 3.20. The van der Waals surface area contributed by atoms with Crippen LogP contribution in [0, 0.1) is 6.92 Å². The summed E-state index contributed by atoms with van der Waals surface area (Å²) in [5, 5.41) is 13.2. The van der Waals surface area contributed by atoms with Crippen molar-refractivity contribution in [2.45, 2.75) is 13.5 Å². The summed E-state index contributed by atoms with van der Waals surface area (Å²) in [5.74, 6) is 0.195. The van der Waals surface area contributed by atoms with E-state index in [-0.39, 0.29) is 5.56 Å². The van der Waals surface area contributed by atoms with Crippen LogP contribution >= 0.6 is 0 Å². The number of hydrogen-bond acceptors (Lipinski definition) is 5. The summed E-state index contributed by atoms with van der Waals surface area (Å²) >= 11 is 0. The van der Waals surface area contributed by atoms with Gasteiger partial charge in [-0.1, -0.05) is 11.2 Å². The average Bonchev–Trinajstić information content (AvgIpc) is 2.84. The van der Waals surface area contributed by atoms with Crippen molar-refractivity contribution < 1.29 is 19.2 Å². The molecule has 0 fully saturated rings. The van der Waals surface area contributed by atoms with Crippen LogP contribution in [0.25, 0.3) is 0 Å². The number of aryl methyl sites for hydroxylation is 1. The Bertz CT molecular complexity index is 650. The standard InChI is InChI=1S/C14H14N2O4/c1-9-7-10(15-20-9)8-16-5-6-19-13-11(14(17)18)3-2-4-12(13)16/h2-4,7H,5-6,8H2,1H3,(H,17,18). The maximum absolute atomic E-state index is 11.2. The lowest BCUT2D eigenvalue weighted by Gasteiger charge is -2.31. The minimum atomic E-state index is -0.985. The lowest BCUT2D eigenvalue weighted by molar-refractivity contribution is 0.0692. The SMILES string of the molecule is Cc1cc(CN2CCOc3c(C(=O)O)cccc32)no1. The summed E-state index contributed by atoms with van der Waals surface area (Å²) in [5.41, 5.74) is 1.77. The van der Waals surface area contributed by atoms with E-state index in [9.17, 15) is 9.90 Å². The molecule has 0 bridgehead atoms. The first kappa shape index (κ1) is 12.5. The van der Waals surface area contributed by atoms with Gasteiger partial charge in [0, 0.05) is 6.07 Å². The van der Waals surface area contributed by atoms with Crippen molar-refractivity contribution in [3.05, 3.63) is 41.3 Å². The molecule has 20 heavy (non-hydrogen) atoms. The second kappa shape index (κ2) is 4.88. The fraction of sp³-hybridized carbons (Fsp3) is 0.286. The van der Waals surface area contributed by atoms with Crippen LogP contribution in [-0.2, 0) is 6.54 Å². The van der Waals surface area contributed by atoms with Crippen molar-refractivity contribution in [2.75, 3.05) is 18.1 Å². The molecule has 0 saturated heterocycles. The number of carboxylic acid groups (broad SMARTS) is 1. The van der Waals surface area contributed by atoms with E-state index in [1.165, 1.54) is 0 Å². The van der Waals surface area contributed by atoms with E-state index < -0.39 is 5.97 Å². The molecule has 1 aromatic heterocycles. The third kappa shape index (κ3) is 2.20. The van der Waals surface area contributed by atoms with Gasteiger partial charge in [0.1, 0.15) is 23.6 Å². The molecule has 1 aliphatic rings. The molecule has 0 aliphatic carbocycles. The first-order valence-corrected chi connectivity index (χ1v) is 6.31. The number of aromatic carboxylic acids is 1. The fourth-order valence-corrected chi connectivity index (χ4v) is 2.32. The van der Waals surface area contributed by atoms with Crippen molar-refractivity contribution in [2.24, 2.45) is 0 Å². The van der Waals surface area contributed by atoms with Crippen LogP contribution in [0.2, 0.25) is 0 Å². The van der Waals surface area contributed by atoms with Gasteiger partial charge >= 0.3 is 5.97 Å². The van der Waals surface area contributed by atoms with Gasteiger partial charge in [-0.2, -0.15) is 0 Å². The van der Waals surface area contributed by atoms with Gasteiger partial charge < -0.3 is 19.3 Å². The maximum Gasteiger partial charge on any atom is 0.339 e. The Morgan fingerprint density at radius 3 is 3.05 bits per heavy atom. The second-order valence-corrected chi connectivity index (χ2v) is 4.66. The number of hydrogen-bond donors (Lipinski definition) is 1. The first-order chi connectivity index (χ1) is 9.65. The Labute approximate surface area is 115 Å². The van der Waals surface area contributed by atoms with Crippen LogP contribution in [0.3, 0.4) is 0 Å². The smallest absolute Gasteiger partial charge is 0.339 e. The summed E-state index contributed by atoms with van der Waals surface area (Å²) in [4.78, 5) is 13.3. The van der Waals surface area contributed by atoms with Crippen molar-refractivity contribution in [3.8, 4) is 5.75 Å². The zero-order valence-electron chi connectivity index (χ0n) is 11.0. The lowest BCUT2D eigenvalue weighted by atomic mass is 10.1. The highest BCUT2D eigenvalue weighted by Gasteiger charge is 2.24. The highest BCUT2D eigenvalue weighted by Crippen LogP contribution is 2.35. The van der Waals surface area contributed by atoms with Crippen molar-refractivity contribution >= 4 is 11.7 Å². The van der Waals surface area contributed by atoms with E-state index >= 15 is 0 Å². The van der Waals surface area contributed by atoms with Crippen molar-refractivity contribution in [1.29, 1.82) is 0 Å². The molecule has 0 amide bonds. The highest BCUT2D eigenvalue weighted by atomic mass is 16.5. The summed E-state index contributed by atoms with van der Waals surface area (Å²) < 4.78 is 10.6. The third-order valence-corrected chi connectivity index (χ3v) is 3.20. The molecule has 0 unspecified atom stereocenters. The number of anilines is 1. The molecule has 2 heterocycles. The summed E-state index contributed by atoms with van der Waals surface area (Å²) in [6, 6.07) is 6.99. The molecule has 0 spiro atoms. The Balaban J connectivity index is 1.94. The number of carbonyl (C=O) groups is 1. The first-order valence-electron chi connectivity index (χ1n) is 6.31. The van der Waals surface area contributed by atoms with Gasteiger partial charge in [-0.25, -0.2) is 4.79 Å². The summed E-state index contributed by atoms with van der Waals surface area (Å²) in [7, 11) is 0. The van der Waals surface area contributed by atoms with Crippen LogP contribution in [0.4, 0.5) is 5.69 Å².